The van der Waals surface area contributed by atoms with E-state index in [4.69, 9.17) is 5.11 Å². The number of hydrogen-bond acceptors (Lipinski definition) is 2. The van der Waals surface area contributed by atoms with Gasteiger partial charge in [0, 0.05) is 6.42 Å². The number of rotatable bonds is 2. The summed E-state index contributed by atoms with van der Waals surface area (Å²) in [5.74, 6) is -0.501. The maximum Gasteiger partial charge on any atom is 0.303 e. The number of carboxylic acids is 1. The van der Waals surface area contributed by atoms with Crippen LogP contribution in [-0.4, -0.2) is 16.9 Å². The molecule has 2 aliphatic carbocycles. The maximum absolute atomic E-state index is 11.5. The van der Waals surface area contributed by atoms with Crippen molar-refractivity contribution in [3.63, 3.8) is 0 Å². The molecule has 1 saturated carbocycles. The molecule has 0 aromatic carbocycles. The Morgan fingerprint density at radius 3 is 3.00 bits per heavy atom. The first kappa shape index (κ1) is 11.4. The van der Waals surface area contributed by atoms with Gasteiger partial charge in [0.25, 0.3) is 0 Å². The lowest BCUT2D eigenvalue weighted by Gasteiger charge is -2.43. The molecule has 0 heterocycles. The molecule has 0 aliphatic heterocycles. The minimum absolute atomic E-state index is 0.0838. The van der Waals surface area contributed by atoms with Crippen LogP contribution < -0.4 is 0 Å². The van der Waals surface area contributed by atoms with E-state index in [-0.39, 0.29) is 23.5 Å². The van der Waals surface area contributed by atoms with Crippen molar-refractivity contribution in [2.45, 2.75) is 45.4 Å². The minimum atomic E-state index is -0.756. The van der Waals surface area contributed by atoms with Gasteiger partial charge in [-0.05, 0) is 36.7 Å². The molecule has 1 fully saturated rings. The van der Waals surface area contributed by atoms with Crippen molar-refractivity contribution in [2.75, 3.05) is 0 Å². The number of carbonyl (C=O) groups is 2. The number of hydrogen-bond donors (Lipinski definition) is 1. The van der Waals surface area contributed by atoms with Gasteiger partial charge in [0.15, 0.2) is 5.78 Å². The summed E-state index contributed by atoms with van der Waals surface area (Å²) in [6.45, 7) is 2.18. The Kier molecular flexibility index (Phi) is 2.87. The van der Waals surface area contributed by atoms with E-state index in [1.54, 1.807) is 6.08 Å². The summed E-state index contributed by atoms with van der Waals surface area (Å²) in [6, 6.07) is 0. The largest absolute Gasteiger partial charge is 0.481 e. The van der Waals surface area contributed by atoms with Crippen molar-refractivity contribution in [3.05, 3.63) is 11.6 Å². The third-order valence-electron chi connectivity index (χ3n) is 4.08. The topological polar surface area (TPSA) is 54.4 Å². The summed E-state index contributed by atoms with van der Waals surface area (Å²) in [7, 11) is 0. The highest BCUT2D eigenvalue weighted by Gasteiger charge is 2.40. The number of carbonyl (C=O) groups excluding carboxylic acids is 1. The van der Waals surface area contributed by atoms with E-state index in [1.807, 2.05) is 0 Å². The molecule has 0 radical (unpaired) electrons. The van der Waals surface area contributed by atoms with Crippen LogP contribution in [0.2, 0.25) is 0 Å². The van der Waals surface area contributed by atoms with Gasteiger partial charge in [-0.25, -0.2) is 0 Å². The second-order valence-corrected chi connectivity index (χ2v) is 5.31. The summed E-state index contributed by atoms with van der Waals surface area (Å²) in [4.78, 5) is 22.3. The van der Waals surface area contributed by atoms with Gasteiger partial charge in [-0.3, -0.25) is 9.59 Å². The lowest BCUT2D eigenvalue weighted by Crippen LogP contribution is -2.34. The van der Waals surface area contributed by atoms with Crippen LogP contribution >= 0.6 is 0 Å². The van der Waals surface area contributed by atoms with Gasteiger partial charge in [0.05, 0.1) is 6.42 Å². The van der Waals surface area contributed by atoms with Crippen LogP contribution in [0.3, 0.4) is 0 Å². The zero-order chi connectivity index (χ0) is 11.8. The Hall–Kier alpha value is -1.12. The fraction of sp³-hybridized carbons (Fsp3) is 0.692. The highest BCUT2D eigenvalue weighted by Crippen LogP contribution is 2.49. The SMILES string of the molecule is CC12CCCC(CC(=O)O)C1=CC(=O)CC2. The molecule has 16 heavy (non-hydrogen) atoms. The minimum Gasteiger partial charge on any atom is -0.481 e. The van der Waals surface area contributed by atoms with Crippen LogP contribution in [-0.2, 0) is 9.59 Å². The molecule has 2 aliphatic rings. The van der Waals surface area contributed by atoms with Gasteiger partial charge < -0.3 is 5.11 Å². The second kappa shape index (κ2) is 4.04. The van der Waals surface area contributed by atoms with Crippen LogP contribution in [0.15, 0.2) is 11.6 Å². The summed E-state index contributed by atoms with van der Waals surface area (Å²) in [5.41, 5.74) is 1.20. The first-order chi connectivity index (χ1) is 7.51. The van der Waals surface area contributed by atoms with Crippen LogP contribution in [0.25, 0.3) is 0 Å². The lowest BCUT2D eigenvalue weighted by molar-refractivity contribution is -0.138. The lowest BCUT2D eigenvalue weighted by atomic mass is 9.61. The normalized spacial score (nSPS) is 34.2. The molecular formula is C13H18O3. The third kappa shape index (κ3) is 2.04. The Balaban J connectivity index is 2.27. The van der Waals surface area contributed by atoms with Crippen molar-refractivity contribution >= 4 is 11.8 Å². The monoisotopic (exact) mass is 222 g/mol. The van der Waals surface area contributed by atoms with Crippen molar-refractivity contribution in [3.8, 4) is 0 Å². The van der Waals surface area contributed by atoms with Gasteiger partial charge in [-0.2, -0.15) is 0 Å². The number of allylic oxidation sites excluding steroid dienone is 2. The first-order valence-electron chi connectivity index (χ1n) is 5.98. The molecule has 88 valence electrons. The van der Waals surface area contributed by atoms with Gasteiger partial charge in [0.1, 0.15) is 0 Å². The predicted octanol–water partition coefficient (Wildman–Crippen LogP) is 2.56. The van der Waals surface area contributed by atoms with E-state index < -0.39 is 5.97 Å². The second-order valence-electron chi connectivity index (χ2n) is 5.31. The van der Waals surface area contributed by atoms with Crippen LogP contribution in [0.4, 0.5) is 0 Å². The molecule has 0 amide bonds. The molecule has 2 rings (SSSR count). The quantitative estimate of drug-likeness (QED) is 0.781. The van der Waals surface area contributed by atoms with Crippen molar-refractivity contribution in [2.24, 2.45) is 11.3 Å². The highest BCUT2D eigenvalue weighted by atomic mass is 16.4. The number of ketones is 1. The van der Waals surface area contributed by atoms with E-state index in [1.165, 1.54) is 0 Å². The van der Waals surface area contributed by atoms with Crippen LogP contribution in [0.5, 0.6) is 0 Å². The Morgan fingerprint density at radius 2 is 2.31 bits per heavy atom. The average Bonchev–Trinajstić information content (AvgIpc) is 2.19. The van der Waals surface area contributed by atoms with E-state index in [0.717, 1.165) is 31.3 Å². The van der Waals surface area contributed by atoms with Gasteiger partial charge in [0.2, 0.25) is 0 Å². The number of fused-ring (bicyclic) bond motifs is 1. The molecule has 0 bridgehead atoms. The standard InChI is InChI=1S/C13H18O3/c1-13-5-2-3-9(7-12(15)16)11(13)8-10(14)4-6-13/h8-9H,2-7H2,1H3,(H,15,16). The summed E-state index contributed by atoms with van der Waals surface area (Å²) in [5, 5.41) is 8.89. The Labute approximate surface area is 95.5 Å². The van der Waals surface area contributed by atoms with Gasteiger partial charge >= 0.3 is 5.97 Å². The Bertz CT molecular complexity index is 356. The molecule has 0 spiro atoms. The molecule has 0 saturated heterocycles. The molecule has 3 heteroatoms. The molecule has 3 nitrogen and oxygen atoms in total. The molecule has 2 unspecified atom stereocenters. The van der Waals surface area contributed by atoms with E-state index in [2.05, 4.69) is 6.92 Å². The first-order valence-corrected chi connectivity index (χ1v) is 5.98. The summed E-state index contributed by atoms with van der Waals surface area (Å²) < 4.78 is 0. The van der Waals surface area contributed by atoms with Gasteiger partial charge in [-0.1, -0.05) is 18.9 Å². The Morgan fingerprint density at radius 1 is 1.56 bits per heavy atom. The van der Waals surface area contributed by atoms with Crippen molar-refractivity contribution in [1.29, 1.82) is 0 Å². The average molecular weight is 222 g/mol. The van der Waals surface area contributed by atoms with E-state index >= 15 is 0 Å². The van der Waals surface area contributed by atoms with Gasteiger partial charge in [-0.15, -0.1) is 0 Å². The zero-order valence-corrected chi connectivity index (χ0v) is 9.66. The van der Waals surface area contributed by atoms with Crippen LogP contribution in [0.1, 0.15) is 45.4 Å². The zero-order valence-electron chi connectivity index (χ0n) is 9.66. The molecule has 0 aromatic heterocycles. The fourth-order valence-corrected chi connectivity index (χ4v) is 3.16. The molecule has 0 aromatic rings. The van der Waals surface area contributed by atoms with Crippen molar-refractivity contribution in [1.82, 2.24) is 0 Å². The molecule has 2 atom stereocenters. The number of aliphatic carboxylic acids is 1. The predicted molar refractivity (Wildman–Crippen MR) is 60.0 cm³/mol. The number of carboxylic acid groups (broad SMARTS) is 1. The smallest absolute Gasteiger partial charge is 0.303 e. The fourth-order valence-electron chi connectivity index (χ4n) is 3.16. The highest BCUT2D eigenvalue weighted by molar-refractivity contribution is 5.91. The van der Waals surface area contributed by atoms with Crippen molar-refractivity contribution < 1.29 is 14.7 Å². The van der Waals surface area contributed by atoms with Crippen LogP contribution in [0, 0.1) is 11.3 Å². The molecule has 1 N–H and O–H groups in total. The third-order valence-corrected chi connectivity index (χ3v) is 4.08. The molecular weight excluding hydrogens is 204 g/mol. The van der Waals surface area contributed by atoms with E-state index in [0.29, 0.717) is 6.42 Å². The summed E-state index contributed by atoms with van der Waals surface area (Å²) in [6.07, 6.45) is 6.53. The summed E-state index contributed by atoms with van der Waals surface area (Å²) >= 11 is 0. The maximum atomic E-state index is 11.5. The van der Waals surface area contributed by atoms with E-state index in [9.17, 15) is 9.59 Å².